The monoisotopic (exact) mass is 387 g/mol. The molecule has 3 nitrogen and oxygen atoms in total. The van der Waals surface area contributed by atoms with Gasteiger partial charge >= 0.3 is 0 Å². The van der Waals surface area contributed by atoms with Gasteiger partial charge in [-0.2, -0.15) is 9.37 Å². The van der Waals surface area contributed by atoms with E-state index >= 15 is 0 Å². The van der Waals surface area contributed by atoms with Crippen LogP contribution in [0.5, 0.6) is 0 Å². The second-order valence-corrected chi connectivity index (χ2v) is 7.12. The van der Waals surface area contributed by atoms with Gasteiger partial charge in [0.25, 0.3) is 0 Å². The Hall–Kier alpha value is -3.60. The van der Waals surface area contributed by atoms with E-state index in [1.165, 1.54) is 0 Å². The highest BCUT2D eigenvalue weighted by atomic mass is 19.1. The number of furan rings is 1. The molecule has 2 aromatic carbocycles. The molecule has 0 aliphatic heterocycles. The molecule has 0 saturated heterocycles. The van der Waals surface area contributed by atoms with Crippen molar-refractivity contribution >= 4 is 22.1 Å². The Kier molecular flexibility index (Phi) is 3.91. The summed E-state index contributed by atoms with van der Waals surface area (Å²) < 4.78 is 36.0. The third-order valence-corrected chi connectivity index (χ3v) is 5.25. The van der Waals surface area contributed by atoms with Crippen LogP contribution in [0.1, 0.15) is 5.56 Å². The molecule has 29 heavy (non-hydrogen) atoms. The minimum absolute atomic E-state index is 0.0359. The van der Waals surface area contributed by atoms with E-state index in [1.807, 2.05) is 55.1 Å². The van der Waals surface area contributed by atoms with Gasteiger partial charge in [-0.1, -0.05) is 42.5 Å². The van der Waals surface area contributed by atoms with E-state index in [2.05, 4.69) is 23.2 Å². The Labute approximate surface area is 165 Å². The van der Waals surface area contributed by atoms with Crippen LogP contribution in [-0.2, 0) is 7.05 Å². The van der Waals surface area contributed by atoms with Crippen molar-refractivity contribution in [1.82, 2.24) is 4.98 Å². The minimum atomic E-state index is -0.899. The Balaban J connectivity index is 1.84. The summed E-state index contributed by atoms with van der Waals surface area (Å²) in [6, 6.07) is 18.7. The topological polar surface area (TPSA) is 29.9 Å². The standard InChI is InChI=1S/C24H17F2N2O/c1-14-8-9-17-22-18(25)13-20(26)27-24(22)29-23(17)21(14)19-12-16(10-11-28(19)2)15-6-4-3-5-7-15/h3-13H,1-2H3/q+1. The lowest BCUT2D eigenvalue weighted by Crippen LogP contribution is -2.30. The third kappa shape index (κ3) is 2.78. The predicted octanol–water partition coefficient (Wildman–Crippen LogP) is 5.73. The number of halogens is 2. The highest BCUT2D eigenvalue weighted by molar-refractivity contribution is 6.09. The number of fused-ring (bicyclic) bond motifs is 3. The van der Waals surface area contributed by atoms with E-state index in [1.54, 1.807) is 6.07 Å². The fourth-order valence-electron chi connectivity index (χ4n) is 3.81. The first-order valence-electron chi connectivity index (χ1n) is 9.26. The summed E-state index contributed by atoms with van der Waals surface area (Å²) in [7, 11) is 1.95. The van der Waals surface area contributed by atoms with Crippen LogP contribution in [0.2, 0.25) is 0 Å². The molecule has 0 unspecified atom stereocenters. The summed E-state index contributed by atoms with van der Waals surface area (Å²) in [4.78, 5) is 3.75. The largest absolute Gasteiger partial charge is 0.437 e. The molecule has 0 radical (unpaired) electrons. The molecule has 0 spiro atoms. The average molecular weight is 387 g/mol. The van der Waals surface area contributed by atoms with Crippen LogP contribution in [0.25, 0.3) is 44.5 Å². The summed E-state index contributed by atoms with van der Waals surface area (Å²) in [6.45, 7) is 1.97. The van der Waals surface area contributed by atoms with Crippen molar-refractivity contribution < 1.29 is 17.8 Å². The van der Waals surface area contributed by atoms with Crippen LogP contribution in [0, 0.1) is 18.7 Å². The molecule has 3 heterocycles. The molecule has 0 fully saturated rings. The van der Waals surface area contributed by atoms with E-state index in [0.29, 0.717) is 11.0 Å². The lowest BCUT2D eigenvalue weighted by molar-refractivity contribution is -0.660. The van der Waals surface area contributed by atoms with Gasteiger partial charge in [0.15, 0.2) is 11.8 Å². The maximum absolute atomic E-state index is 14.5. The van der Waals surface area contributed by atoms with Crippen molar-refractivity contribution in [2.75, 3.05) is 0 Å². The molecule has 5 aromatic rings. The lowest BCUT2D eigenvalue weighted by atomic mass is 9.98. The van der Waals surface area contributed by atoms with Gasteiger partial charge in [0.2, 0.25) is 17.4 Å². The molecule has 0 aliphatic rings. The Bertz CT molecular complexity index is 1390. The first-order chi connectivity index (χ1) is 14.0. The maximum atomic E-state index is 14.5. The first-order valence-corrected chi connectivity index (χ1v) is 9.26. The molecule has 0 amide bonds. The number of pyridine rings is 2. The number of rotatable bonds is 2. The zero-order chi connectivity index (χ0) is 20.1. The molecule has 0 N–H and O–H groups in total. The zero-order valence-electron chi connectivity index (χ0n) is 15.9. The Morgan fingerprint density at radius 1 is 0.931 bits per heavy atom. The summed E-state index contributed by atoms with van der Waals surface area (Å²) in [6.07, 6.45) is 1.98. The number of hydrogen-bond acceptors (Lipinski definition) is 2. The van der Waals surface area contributed by atoms with E-state index in [-0.39, 0.29) is 11.1 Å². The normalized spacial score (nSPS) is 11.4. The molecule has 5 rings (SSSR count). The van der Waals surface area contributed by atoms with E-state index in [9.17, 15) is 8.78 Å². The van der Waals surface area contributed by atoms with Gasteiger partial charge in [0.05, 0.1) is 10.9 Å². The van der Waals surface area contributed by atoms with Crippen LogP contribution in [0.3, 0.4) is 0 Å². The van der Waals surface area contributed by atoms with Crippen molar-refractivity contribution in [3.63, 3.8) is 0 Å². The van der Waals surface area contributed by atoms with Gasteiger partial charge in [-0.05, 0) is 23.6 Å². The number of benzene rings is 2. The molecule has 142 valence electrons. The molecule has 5 heteroatoms. The Morgan fingerprint density at radius 2 is 1.72 bits per heavy atom. The number of aromatic nitrogens is 2. The van der Waals surface area contributed by atoms with Crippen LogP contribution >= 0.6 is 0 Å². The van der Waals surface area contributed by atoms with Gasteiger partial charge < -0.3 is 4.42 Å². The van der Waals surface area contributed by atoms with Crippen molar-refractivity contribution in [3.05, 3.63) is 84.2 Å². The molecule has 0 bridgehead atoms. The van der Waals surface area contributed by atoms with E-state index in [4.69, 9.17) is 4.42 Å². The van der Waals surface area contributed by atoms with Crippen LogP contribution in [-0.4, -0.2) is 4.98 Å². The minimum Gasteiger partial charge on any atom is -0.437 e. The van der Waals surface area contributed by atoms with Crippen molar-refractivity contribution in [2.45, 2.75) is 6.92 Å². The Morgan fingerprint density at radius 3 is 2.52 bits per heavy atom. The van der Waals surface area contributed by atoms with Gasteiger partial charge in [-0.15, -0.1) is 0 Å². The van der Waals surface area contributed by atoms with Gasteiger partial charge in [-0.25, -0.2) is 8.96 Å². The predicted molar refractivity (Wildman–Crippen MR) is 108 cm³/mol. The molecule has 0 aliphatic carbocycles. The molecule has 3 aromatic heterocycles. The second kappa shape index (κ2) is 6.48. The fourth-order valence-corrected chi connectivity index (χ4v) is 3.81. The van der Waals surface area contributed by atoms with E-state index < -0.39 is 11.8 Å². The number of hydrogen-bond donors (Lipinski definition) is 0. The molecular weight excluding hydrogens is 370 g/mol. The van der Waals surface area contributed by atoms with E-state index in [0.717, 1.165) is 34.0 Å². The summed E-state index contributed by atoms with van der Waals surface area (Å²) >= 11 is 0. The van der Waals surface area contributed by atoms with Gasteiger partial charge in [0, 0.05) is 23.6 Å². The molecular formula is C24H17F2N2O+. The van der Waals surface area contributed by atoms with Crippen molar-refractivity contribution in [1.29, 1.82) is 0 Å². The maximum Gasteiger partial charge on any atom is 0.232 e. The highest BCUT2D eigenvalue weighted by Gasteiger charge is 2.23. The van der Waals surface area contributed by atoms with Crippen LogP contribution < -0.4 is 4.57 Å². The zero-order valence-corrected chi connectivity index (χ0v) is 15.9. The smallest absolute Gasteiger partial charge is 0.232 e. The molecule has 0 saturated carbocycles. The quantitative estimate of drug-likeness (QED) is 0.286. The summed E-state index contributed by atoms with van der Waals surface area (Å²) in [5.74, 6) is -1.58. The summed E-state index contributed by atoms with van der Waals surface area (Å²) in [5.41, 5.74) is 5.33. The van der Waals surface area contributed by atoms with Crippen molar-refractivity contribution in [2.24, 2.45) is 7.05 Å². The van der Waals surface area contributed by atoms with Gasteiger partial charge in [-0.3, -0.25) is 0 Å². The number of aryl methyl sites for hydroxylation is 2. The summed E-state index contributed by atoms with van der Waals surface area (Å²) in [5, 5.41) is 0.778. The number of nitrogens with zero attached hydrogens (tertiary/aromatic N) is 2. The average Bonchev–Trinajstić information content (AvgIpc) is 3.08. The lowest BCUT2D eigenvalue weighted by Gasteiger charge is -2.08. The third-order valence-electron chi connectivity index (χ3n) is 5.25. The van der Waals surface area contributed by atoms with Gasteiger partial charge in [0.1, 0.15) is 12.9 Å². The van der Waals surface area contributed by atoms with Crippen LogP contribution in [0.4, 0.5) is 8.78 Å². The SMILES string of the molecule is Cc1ccc2c(oc3nc(F)cc(F)c32)c1-c1cc(-c2ccccc2)cc[n+]1C. The molecule has 0 atom stereocenters. The van der Waals surface area contributed by atoms with Crippen LogP contribution in [0.15, 0.2) is 71.3 Å². The second-order valence-electron chi connectivity index (χ2n) is 7.12. The fraction of sp³-hybridized carbons (Fsp3) is 0.0833. The first kappa shape index (κ1) is 17.5. The van der Waals surface area contributed by atoms with Crippen molar-refractivity contribution in [3.8, 4) is 22.4 Å². The highest BCUT2D eigenvalue weighted by Crippen LogP contribution is 2.38.